The maximum atomic E-state index is 14.7. The molecule has 1 saturated heterocycles. The summed E-state index contributed by atoms with van der Waals surface area (Å²) in [6, 6.07) is 10.7. The zero-order valence-electron chi connectivity index (χ0n) is 19.0. The Morgan fingerprint density at radius 3 is 2.62 bits per heavy atom. The molecule has 2 amide bonds. The number of carbonyl (C=O) groups excluding carboxylic acids is 2. The third-order valence-electron chi connectivity index (χ3n) is 5.99. The van der Waals surface area contributed by atoms with Gasteiger partial charge in [0.15, 0.2) is 0 Å². The number of halogens is 2. The first kappa shape index (κ1) is 23.6. The van der Waals surface area contributed by atoms with Crippen LogP contribution in [0.4, 0.5) is 8.78 Å². The largest absolute Gasteiger partial charge is 0.342 e. The van der Waals surface area contributed by atoms with Crippen molar-refractivity contribution in [2.45, 2.75) is 50.9 Å². The molecule has 1 aromatic carbocycles. The van der Waals surface area contributed by atoms with Crippen molar-refractivity contribution >= 4 is 11.8 Å². The highest BCUT2D eigenvalue weighted by Crippen LogP contribution is 2.27. The molecule has 4 N–H and O–H groups in total. The predicted octanol–water partition coefficient (Wildman–Crippen LogP) is 2.33. The first-order valence-electron chi connectivity index (χ1n) is 11.2. The lowest BCUT2D eigenvalue weighted by Crippen LogP contribution is -2.47. The van der Waals surface area contributed by atoms with Crippen molar-refractivity contribution in [1.82, 2.24) is 31.6 Å². The zero-order chi connectivity index (χ0) is 24.2. The molecular formula is C24H28F2N6O2. The van der Waals surface area contributed by atoms with Crippen LogP contribution in [0.3, 0.4) is 0 Å². The van der Waals surface area contributed by atoms with Crippen molar-refractivity contribution in [3.8, 4) is 0 Å². The van der Waals surface area contributed by atoms with Crippen LogP contribution in [0.1, 0.15) is 55.5 Å². The fraction of sp³-hybridized carbons (Fsp3) is 0.375. The van der Waals surface area contributed by atoms with Crippen molar-refractivity contribution in [3.05, 3.63) is 77.1 Å². The lowest BCUT2D eigenvalue weighted by molar-refractivity contribution is -0.138. The van der Waals surface area contributed by atoms with E-state index in [0.717, 1.165) is 0 Å². The number of pyridine rings is 1. The Morgan fingerprint density at radius 2 is 1.97 bits per heavy atom. The fourth-order valence-corrected chi connectivity index (χ4v) is 4.21. The van der Waals surface area contributed by atoms with E-state index in [9.17, 15) is 18.4 Å². The standard InChI is InChI=1S/C24H28F2N6O2/c1-14(2)18-8-9-19(28-23(18)26)22(15-6-4-3-5-7-15)29-24(34)20-10-16(25)13-32(20)21(33)11-17-12-27-31-30-17/h3-9,12,14,16,20,22,27,30-31H,10-11,13H2,1-2H3,(H,29,34)/t16-,20+,22+/m1/s1. The Hall–Kier alpha value is -3.53. The first-order valence-corrected chi connectivity index (χ1v) is 11.2. The smallest absolute Gasteiger partial charge is 0.243 e. The second-order valence-corrected chi connectivity index (χ2v) is 8.76. The van der Waals surface area contributed by atoms with Crippen LogP contribution >= 0.6 is 0 Å². The summed E-state index contributed by atoms with van der Waals surface area (Å²) in [7, 11) is 0. The maximum Gasteiger partial charge on any atom is 0.243 e. The maximum absolute atomic E-state index is 14.7. The molecule has 10 heteroatoms. The van der Waals surface area contributed by atoms with Gasteiger partial charge in [-0.2, -0.15) is 9.93 Å². The van der Waals surface area contributed by atoms with Gasteiger partial charge in [0, 0.05) is 18.2 Å². The van der Waals surface area contributed by atoms with E-state index < -0.39 is 30.1 Å². The van der Waals surface area contributed by atoms with E-state index >= 15 is 0 Å². The molecule has 0 spiro atoms. The van der Waals surface area contributed by atoms with Crippen LogP contribution in [0.2, 0.25) is 0 Å². The Labute approximate surface area is 196 Å². The average molecular weight is 471 g/mol. The topological polar surface area (TPSA) is 98.4 Å². The number of hydrogen-bond acceptors (Lipinski definition) is 6. The minimum atomic E-state index is -1.31. The van der Waals surface area contributed by atoms with Gasteiger partial charge in [-0.3, -0.25) is 9.59 Å². The molecule has 2 aliphatic rings. The van der Waals surface area contributed by atoms with Crippen molar-refractivity contribution < 1.29 is 18.4 Å². The van der Waals surface area contributed by atoms with Gasteiger partial charge in [0.1, 0.15) is 12.2 Å². The summed E-state index contributed by atoms with van der Waals surface area (Å²) in [6.07, 6.45) is 0.165. The molecule has 180 valence electrons. The van der Waals surface area contributed by atoms with Gasteiger partial charge in [0.05, 0.1) is 30.4 Å². The molecule has 0 unspecified atom stereocenters. The molecule has 0 aliphatic carbocycles. The third kappa shape index (κ3) is 5.17. The molecule has 0 bridgehead atoms. The summed E-state index contributed by atoms with van der Waals surface area (Å²) < 4.78 is 29.0. The zero-order valence-corrected chi connectivity index (χ0v) is 19.0. The van der Waals surface area contributed by atoms with Crippen molar-refractivity contribution in [3.63, 3.8) is 0 Å². The van der Waals surface area contributed by atoms with Crippen molar-refractivity contribution in [2.75, 3.05) is 6.54 Å². The van der Waals surface area contributed by atoms with Crippen LogP contribution in [0.5, 0.6) is 0 Å². The molecular weight excluding hydrogens is 442 g/mol. The normalized spacial score (nSPS) is 20.5. The van der Waals surface area contributed by atoms with Gasteiger partial charge in [-0.15, -0.1) is 0 Å². The monoisotopic (exact) mass is 470 g/mol. The molecule has 4 rings (SSSR count). The molecule has 2 aromatic rings. The average Bonchev–Trinajstić information content (AvgIpc) is 3.47. The number of likely N-dealkylation sites (tertiary alicyclic amines) is 1. The molecule has 34 heavy (non-hydrogen) atoms. The molecule has 1 fully saturated rings. The minimum Gasteiger partial charge on any atom is -0.342 e. The second kappa shape index (κ2) is 10.2. The van der Waals surface area contributed by atoms with Crippen LogP contribution < -0.4 is 21.7 Å². The summed E-state index contributed by atoms with van der Waals surface area (Å²) in [4.78, 5) is 31.5. The number of nitrogens with zero attached hydrogens (tertiary/aromatic N) is 2. The lowest BCUT2D eigenvalue weighted by atomic mass is 9.99. The predicted molar refractivity (Wildman–Crippen MR) is 122 cm³/mol. The van der Waals surface area contributed by atoms with Gasteiger partial charge in [-0.05, 0) is 17.5 Å². The first-order chi connectivity index (χ1) is 16.3. The molecule has 3 atom stereocenters. The molecule has 1 aromatic heterocycles. The molecule has 0 saturated carbocycles. The minimum absolute atomic E-state index is 0.0119. The second-order valence-electron chi connectivity index (χ2n) is 8.76. The van der Waals surface area contributed by atoms with Crippen LogP contribution in [-0.2, 0) is 9.59 Å². The molecule has 3 heterocycles. The molecule has 0 radical (unpaired) electrons. The number of aromatic nitrogens is 1. The summed E-state index contributed by atoms with van der Waals surface area (Å²) in [5.74, 6) is -1.52. The number of amides is 2. The highest BCUT2D eigenvalue weighted by Gasteiger charge is 2.40. The number of alkyl halides is 1. The van der Waals surface area contributed by atoms with Gasteiger partial charge in [0.2, 0.25) is 17.8 Å². The summed E-state index contributed by atoms with van der Waals surface area (Å²) >= 11 is 0. The Morgan fingerprint density at radius 1 is 1.21 bits per heavy atom. The van der Waals surface area contributed by atoms with E-state index in [0.29, 0.717) is 22.5 Å². The summed E-state index contributed by atoms with van der Waals surface area (Å²) in [5, 5.41) is 2.88. The SMILES string of the molecule is CC(C)c1ccc([C@@H](NC(=O)[C@@H]2C[C@@H](F)CN2C(=O)CC2=CNNN2)c2ccccc2)nc1F. The van der Waals surface area contributed by atoms with E-state index in [-0.39, 0.29) is 31.2 Å². The highest BCUT2D eigenvalue weighted by atomic mass is 19.1. The number of carbonyl (C=O) groups is 2. The Bertz CT molecular complexity index is 1080. The van der Waals surface area contributed by atoms with E-state index in [2.05, 4.69) is 26.7 Å². The van der Waals surface area contributed by atoms with E-state index in [1.54, 1.807) is 42.6 Å². The van der Waals surface area contributed by atoms with E-state index in [1.807, 2.05) is 19.9 Å². The lowest BCUT2D eigenvalue weighted by Gasteiger charge is -2.27. The van der Waals surface area contributed by atoms with Crippen LogP contribution in [-0.4, -0.2) is 40.5 Å². The number of hydrazine groups is 2. The van der Waals surface area contributed by atoms with Crippen LogP contribution in [0.15, 0.2) is 54.4 Å². The van der Waals surface area contributed by atoms with Gasteiger partial charge < -0.3 is 21.1 Å². The number of nitrogens with one attached hydrogen (secondary N) is 4. The Kier molecular flexibility index (Phi) is 7.06. The quantitative estimate of drug-likeness (QED) is 0.464. The summed E-state index contributed by atoms with van der Waals surface area (Å²) in [5.41, 5.74) is 10.2. The molecule has 2 aliphatic heterocycles. The third-order valence-corrected chi connectivity index (χ3v) is 5.99. The van der Waals surface area contributed by atoms with Gasteiger partial charge in [-0.25, -0.2) is 9.37 Å². The van der Waals surface area contributed by atoms with Crippen molar-refractivity contribution in [2.24, 2.45) is 0 Å². The van der Waals surface area contributed by atoms with Gasteiger partial charge >= 0.3 is 0 Å². The van der Waals surface area contributed by atoms with Crippen LogP contribution in [0, 0.1) is 5.95 Å². The number of hydrogen-bond donors (Lipinski definition) is 4. The van der Waals surface area contributed by atoms with E-state index in [4.69, 9.17) is 0 Å². The highest BCUT2D eigenvalue weighted by molar-refractivity contribution is 5.89. The van der Waals surface area contributed by atoms with E-state index in [1.165, 1.54) is 4.90 Å². The van der Waals surface area contributed by atoms with Gasteiger partial charge in [0.25, 0.3) is 0 Å². The van der Waals surface area contributed by atoms with Crippen LogP contribution in [0.25, 0.3) is 0 Å². The van der Waals surface area contributed by atoms with Crippen molar-refractivity contribution in [1.29, 1.82) is 0 Å². The van der Waals surface area contributed by atoms with Gasteiger partial charge in [-0.1, -0.05) is 50.2 Å². The fourth-order valence-electron chi connectivity index (χ4n) is 4.21. The number of rotatable bonds is 7. The summed E-state index contributed by atoms with van der Waals surface area (Å²) in [6.45, 7) is 3.59. The molecule has 8 nitrogen and oxygen atoms in total. The Balaban J connectivity index is 1.57. The number of benzene rings is 1.